The van der Waals surface area contributed by atoms with Crippen LogP contribution in [0.25, 0.3) is 0 Å². The number of nitrogens with one attached hydrogen (secondary N) is 2. The highest BCUT2D eigenvalue weighted by Crippen LogP contribution is 2.35. The van der Waals surface area contributed by atoms with Gasteiger partial charge in [0.05, 0.1) is 11.3 Å². The monoisotopic (exact) mass is 371 g/mol. The van der Waals surface area contributed by atoms with Crippen LogP contribution in [0.3, 0.4) is 0 Å². The van der Waals surface area contributed by atoms with E-state index in [2.05, 4.69) is 10.6 Å². The predicted octanol–water partition coefficient (Wildman–Crippen LogP) is 1.38. The molecule has 0 bridgehead atoms. The minimum absolute atomic E-state index is 0.0947. The van der Waals surface area contributed by atoms with Crippen molar-refractivity contribution in [2.24, 2.45) is 5.14 Å². The summed E-state index contributed by atoms with van der Waals surface area (Å²) in [6.45, 7) is 4.08. The molecule has 0 aliphatic carbocycles. The van der Waals surface area contributed by atoms with Crippen LogP contribution < -0.4 is 20.5 Å². The van der Waals surface area contributed by atoms with Gasteiger partial charge < -0.3 is 20.5 Å². The van der Waals surface area contributed by atoms with E-state index >= 15 is 0 Å². The molecule has 1 saturated heterocycles. The maximum Gasteiger partial charge on any atom is 0.335 e. The zero-order chi connectivity index (χ0) is 18.4. The summed E-state index contributed by atoms with van der Waals surface area (Å²) in [4.78, 5) is 11.0. The first-order valence-electron chi connectivity index (χ1n) is 8.38. The molecule has 5 N–H and O–H groups in total. The summed E-state index contributed by atoms with van der Waals surface area (Å²) < 4.78 is 30.0. The third kappa shape index (κ3) is 5.32. The van der Waals surface area contributed by atoms with Gasteiger partial charge in [-0.15, -0.1) is 0 Å². The van der Waals surface area contributed by atoms with Crippen molar-refractivity contribution in [3.8, 4) is 5.75 Å². The Morgan fingerprint density at radius 1 is 1.48 bits per heavy atom. The Morgan fingerprint density at radius 3 is 2.80 bits per heavy atom. The minimum Gasteiger partial charge on any atom is -0.485 e. The molecule has 1 atom stereocenters. The number of piperidine rings is 1. The van der Waals surface area contributed by atoms with E-state index in [1.807, 2.05) is 6.92 Å². The maximum absolute atomic E-state index is 12.0. The number of unbranched alkanes of at least 4 members (excludes halogenated alkanes) is 1. The third-order valence-electron chi connectivity index (χ3n) is 3.99. The summed E-state index contributed by atoms with van der Waals surface area (Å²) >= 11 is 0. The maximum atomic E-state index is 12.0. The van der Waals surface area contributed by atoms with Gasteiger partial charge in [-0.05, 0) is 37.9 Å². The van der Waals surface area contributed by atoms with E-state index in [0.717, 1.165) is 38.3 Å². The van der Waals surface area contributed by atoms with Crippen molar-refractivity contribution in [2.75, 3.05) is 25.0 Å². The second-order valence-electron chi connectivity index (χ2n) is 6.07. The van der Waals surface area contributed by atoms with Crippen LogP contribution in [0.5, 0.6) is 5.75 Å². The lowest BCUT2D eigenvalue weighted by Crippen LogP contribution is -2.37. The first-order valence-corrected chi connectivity index (χ1v) is 9.93. The molecule has 140 valence electrons. The van der Waals surface area contributed by atoms with Crippen LogP contribution in [0, 0.1) is 0 Å². The molecule has 1 aromatic rings. The molecule has 8 nitrogen and oxygen atoms in total. The Labute approximate surface area is 147 Å². The fraction of sp³-hybridized carbons (Fsp3) is 0.562. The predicted molar refractivity (Wildman–Crippen MR) is 94.7 cm³/mol. The summed E-state index contributed by atoms with van der Waals surface area (Å²) in [5, 5.41) is 20.9. The van der Waals surface area contributed by atoms with Crippen molar-refractivity contribution in [3.05, 3.63) is 17.7 Å². The van der Waals surface area contributed by atoms with Crippen LogP contribution in [0.1, 0.15) is 43.0 Å². The molecule has 0 saturated carbocycles. The average Bonchev–Trinajstić information content (AvgIpc) is 2.56. The van der Waals surface area contributed by atoms with Crippen molar-refractivity contribution in [1.29, 1.82) is 0 Å². The topological polar surface area (TPSA) is 131 Å². The standard InChI is InChI=1S/C16H25N3O5S/c1-2-3-7-19-13-8-11(16(20)21)9-14(25(17,22)23)15(13)24-12-5-4-6-18-10-12/h8-9,12,18-19H,2-7,10H2,1H3,(H,20,21)(H2,17,22,23). The van der Waals surface area contributed by atoms with Crippen LogP contribution in [0.4, 0.5) is 5.69 Å². The largest absolute Gasteiger partial charge is 0.485 e. The van der Waals surface area contributed by atoms with Gasteiger partial charge in [-0.25, -0.2) is 18.4 Å². The number of benzene rings is 1. The smallest absolute Gasteiger partial charge is 0.335 e. The molecule has 1 aliphatic rings. The number of hydrogen-bond donors (Lipinski definition) is 4. The molecule has 0 spiro atoms. The minimum atomic E-state index is -4.14. The van der Waals surface area contributed by atoms with Gasteiger partial charge in [-0.2, -0.15) is 0 Å². The van der Waals surface area contributed by atoms with Gasteiger partial charge in [0, 0.05) is 13.1 Å². The Balaban J connectivity index is 2.47. The average molecular weight is 371 g/mol. The fourth-order valence-electron chi connectivity index (χ4n) is 2.68. The molecule has 1 aliphatic heterocycles. The molecule has 1 aromatic carbocycles. The fourth-order valence-corrected chi connectivity index (χ4v) is 3.38. The number of carboxylic acid groups (broad SMARTS) is 1. The lowest BCUT2D eigenvalue weighted by molar-refractivity contribution is 0.0696. The first-order chi connectivity index (χ1) is 11.8. The van der Waals surface area contributed by atoms with Crippen LogP contribution >= 0.6 is 0 Å². The van der Waals surface area contributed by atoms with Crippen molar-refractivity contribution in [1.82, 2.24) is 5.32 Å². The number of ether oxygens (including phenoxy) is 1. The van der Waals surface area contributed by atoms with E-state index < -0.39 is 16.0 Å². The van der Waals surface area contributed by atoms with Gasteiger partial charge in [-0.3, -0.25) is 0 Å². The zero-order valence-electron chi connectivity index (χ0n) is 14.2. The Kier molecular flexibility index (Phi) is 6.63. The van der Waals surface area contributed by atoms with E-state index in [1.54, 1.807) is 0 Å². The molecule has 1 fully saturated rings. The summed E-state index contributed by atoms with van der Waals surface area (Å²) in [6, 6.07) is 2.44. The third-order valence-corrected chi connectivity index (χ3v) is 4.91. The quantitative estimate of drug-likeness (QED) is 0.508. The number of anilines is 1. The summed E-state index contributed by atoms with van der Waals surface area (Å²) in [6.07, 6.45) is 3.30. The summed E-state index contributed by atoms with van der Waals surface area (Å²) in [7, 11) is -4.14. The lowest BCUT2D eigenvalue weighted by atomic mass is 10.1. The summed E-state index contributed by atoms with van der Waals surface area (Å²) in [5.41, 5.74) is 0.181. The number of carbonyl (C=O) groups is 1. The van der Waals surface area contributed by atoms with E-state index in [1.165, 1.54) is 6.07 Å². The highest BCUT2D eigenvalue weighted by atomic mass is 32.2. The second-order valence-corrected chi connectivity index (χ2v) is 7.60. The molecule has 9 heteroatoms. The van der Waals surface area contributed by atoms with E-state index in [4.69, 9.17) is 9.88 Å². The molecule has 1 unspecified atom stereocenters. The van der Waals surface area contributed by atoms with Crippen molar-refractivity contribution in [3.63, 3.8) is 0 Å². The molecular weight excluding hydrogens is 346 g/mol. The number of sulfonamides is 1. The van der Waals surface area contributed by atoms with Gasteiger partial charge in [-0.1, -0.05) is 13.3 Å². The van der Waals surface area contributed by atoms with Crippen LogP contribution in [-0.4, -0.2) is 45.2 Å². The molecule has 0 aromatic heterocycles. The number of primary sulfonamides is 1. The van der Waals surface area contributed by atoms with Crippen LogP contribution in [-0.2, 0) is 10.0 Å². The van der Waals surface area contributed by atoms with E-state index in [-0.39, 0.29) is 22.3 Å². The molecule has 0 amide bonds. The SMILES string of the molecule is CCCCNc1cc(C(=O)O)cc(S(N)(=O)=O)c1OC1CCCNC1. The molecule has 2 rings (SSSR count). The highest BCUT2D eigenvalue weighted by Gasteiger charge is 2.25. The molecular formula is C16H25N3O5S. The lowest BCUT2D eigenvalue weighted by Gasteiger charge is -2.26. The van der Waals surface area contributed by atoms with E-state index in [0.29, 0.717) is 18.8 Å². The Bertz CT molecular complexity index is 715. The normalized spacial score (nSPS) is 17.9. The van der Waals surface area contributed by atoms with Crippen molar-refractivity contribution >= 4 is 21.7 Å². The number of carboxylic acids is 1. The zero-order valence-corrected chi connectivity index (χ0v) is 15.1. The van der Waals surface area contributed by atoms with Crippen molar-refractivity contribution < 1.29 is 23.1 Å². The molecule has 25 heavy (non-hydrogen) atoms. The highest BCUT2D eigenvalue weighted by molar-refractivity contribution is 7.89. The van der Waals surface area contributed by atoms with Crippen LogP contribution in [0.15, 0.2) is 17.0 Å². The van der Waals surface area contributed by atoms with Crippen molar-refractivity contribution in [2.45, 2.75) is 43.6 Å². The van der Waals surface area contributed by atoms with Gasteiger partial charge >= 0.3 is 5.97 Å². The van der Waals surface area contributed by atoms with Gasteiger partial charge in [0.15, 0.2) is 5.75 Å². The second kappa shape index (κ2) is 8.50. The van der Waals surface area contributed by atoms with Gasteiger partial charge in [0.25, 0.3) is 0 Å². The van der Waals surface area contributed by atoms with E-state index in [9.17, 15) is 18.3 Å². The number of hydrogen-bond acceptors (Lipinski definition) is 6. The van der Waals surface area contributed by atoms with Crippen LogP contribution in [0.2, 0.25) is 0 Å². The Morgan fingerprint density at radius 2 is 2.24 bits per heavy atom. The number of aromatic carboxylic acids is 1. The number of rotatable bonds is 8. The molecule has 0 radical (unpaired) electrons. The Hall–Kier alpha value is -1.84. The summed E-state index contributed by atoms with van der Waals surface area (Å²) in [5.74, 6) is -1.13. The molecule has 1 heterocycles. The first kappa shape index (κ1) is 19.5. The van der Waals surface area contributed by atoms with Gasteiger partial charge in [0.2, 0.25) is 10.0 Å². The number of nitrogens with two attached hydrogens (primary N) is 1. The van der Waals surface area contributed by atoms with Gasteiger partial charge in [0.1, 0.15) is 11.0 Å².